The maximum Gasteiger partial charge on any atom is 0.417 e. The predicted molar refractivity (Wildman–Crippen MR) is 158 cm³/mol. The van der Waals surface area contributed by atoms with Crippen LogP contribution in [0.3, 0.4) is 0 Å². The lowest BCUT2D eigenvalue weighted by atomic mass is 10.1. The van der Waals surface area contributed by atoms with E-state index in [9.17, 15) is 9.59 Å². The fourth-order valence-corrected chi connectivity index (χ4v) is 4.94. The van der Waals surface area contributed by atoms with E-state index < -0.39 is 6.09 Å². The molecule has 10 nitrogen and oxygen atoms in total. The molecule has 10 heteroatoms. The molecule has 1 atom stereocenters. The van der Waals surface area contributed by atoms with Gasteiger partial charge in [-0.05, 0) is 81.7 Å². The van der Waals surface area contributed by atoms with Crippen molar-refractivity contribution in [1.82, 2.24) is 9.88 Å². The minimum Gasteiger partial charge on any atom is -0.490 e. The smallest absolute Gasteiger partial charge is 0.417 e. The first kappa shape index (κ1) is 28.4. The zero-order chi connectivity index (χ0) is 28.6. The Morgan fingerprint density at radius 2 is 1.80 bits per heavy atom. The summed E-state index contributed by atoms with van der Waals surface area (Å²) in [6.45, 7) is 6.71. The Morgan fingerprint density at radius 3 is 2.66 bits per heavy atom. The lowest BCUT2D eigenvalue weighted by Gasteiger charge is -2.27. The molecule has 2 aromatic carbocycles. The Labute approximate surface area is 240 Å². The van der Waals surface area contributed by atoms with Gasteiger partial charge < -0.3 is 29.3 Å². The van der Waals surface area contributed by atoms with E-state index in [0.717, 1.165) is 56.8 Å². The van der Waals surface area contributed by atoms with E-state index in [1.165, 1.54) is 0 Å². The first-order valence-electron chi connectivity index (χ1n) is 14.1. The van der Waals surface area contributed by atoms with Crippen LogP contribution in [0.2, 0.25) is 0 Å². The number of likely N-dealkylation sites (tertiary alicyclic amines) is 1. The number of hydrogen-bond acceptors (Lipinski definition) is 8. The van der Waals surface area contributed by atoms with Crippen LogP contribution in [-0.4, -0.2) is 74.4 Å². The number of amides is 2. The molecule has 0 bridgehead atoms. The number of pyridine rings is 1. The molecule has 3 heterocycles. The van der Waals surface area contributed by atoms with Crippen molar-refractivity contribution in [2.24, 2.45) is 0 Å². The van der Waals surface area contributed by atoms with Crippen molar-refractivity contribution in [2.75, 3.05) is 62.0 Å². The minimum atomic E-state index is -0.639. The highest BCUT2D eigenvalue weighted by atomic mass is 16.6. The predicted octanol–water partition coefficient (Wildman–Crippen LogP) is 4.95. The number of aromatic nitrogens is 1. The van der Waals surface area contributed by atoms with Crippen molar-refractivity contribution in [1.29, 1.82) is 0 Å². The fraction of sp³-hybridized carbons (Fsp3) is 0.387. The van der Waals surface area contributed by atoms with Crippen LogP contribution in [0.5, 0.6) is 11.5 Å². The number of aryl methyl sites for hydroxylation is 1. The molecule has 2 amide bonds. The summed E-state index contributed by atoms with van der Waals surface area (Å²) >= 11 is 0. The van der Waals surface area contributed by atoms with Crippen molar-refractivity contribution < 1.29 is 23.8 Å². The SMILES string of the molecule is Cc1ccc(NC(=O)Oc2ccnc(N3CCOCC3)c2)cc1NC(=O)c1cccc(OC2CCCN(C)CC2)c1. The van der Waals surface area contributed by atoms with Gasteiger partial charge in [-0.25, -0.2) is 9.78 Å². The fourth-order valence-electron chi connectivity index (χ4n) is 4.94. The van der Waals surface area contributed by atoms with E-state index >= 15 is 0 Å². The van der Waals surface area contributed by atoms with Gasteiger partial charge in [0.25, 0.3) is 5.91 Å². The van der Waals surface area contributed by atoms with Crippen molar-refractivity contribution >= 4 is 29.2 Å². The van der Waals surface area contributed by atoms with Gasteiger partial charge in [-0.15, -0.1) is 0 Å². The second kappa shape index (κ2) is 13.5. The third-order valence-corrected chi connectivity index (χ3v) is 7.29. The maximum atomic E-state index is 13.1. The monoisotopic (exact) mass is 559 g/mol. The highest BCUT2D eigenvalue weighted by Crippen LogP contribution is 2.25. The molecule has 0 saturated carbocycles. The van der Waals surface area contributed by atoms with Gasteiger partial charge in [-0.3, -0.25) is 10.1 Å². The summed E-state index contributed by atoms with van der Waals surface area (Å²) in [5, 5.41) is 5.71. The molecular formula is C31H37N5O5. The van der Waals surface area contributed by atoms with Crippen LogP contribution in [0, 0.1) is 6.92 Å². The van der Waals surface area contributed by atoms with Crippen molar-refractivity contribution in [3.63, 3.8) is 0 Å². The molecule has 1 unspecified atom stereocenters. The lowest BCUT2D eigenvalue weighted by Crippen LogP contribution is -2.36. The van der Waals surface area contributed by atoms with Gasteiger partial charge in [-0.2, -0.15) is 0 Å². The third-order valence-electron chi connectivity index (χ3n) is 7.29. The van der Waals surface area contributed by atoms with Crippen LogP contribution in [0.4, 0.5) is 22.0 Å². The summed E-state index contributed by atoms with van der Waals surface area (Å²) in [4.78, 5) is 34.6. The molecule has 0 spiro atoms. The molecule has 0 aliphatic carbocycles. The first-order chi connectivity index (χ1) is 19.9. The Balaban J connectivity index is 1.19. The van der Waals surface area contributed by atoms with Crippen LogP contribution in [0.15, 0.2) is 60.8 Å². The Morgan fingerprint density at radius 1 is 0.951 bits per heavy atom. The van der Waals surface area contributed by atoms with Crippen LogP contribution in [-0.2, 0) is 4.74 Å². The number of morpholine rings is 1. The normalized spacial score (nSPS) is 17.8. The van der Waals surface area contributed by atoms with Crippen LogP contribution < -0.4 is 25.0 Å². The molecule has 2 saturated heterocycles. The topological polar surface area (TPSA) is 105 Å². The maximum absolute atomic E-state index is 13.1. The largest absolute Gasteiger partial charge is 0.490 e. The number of benzene rings is 2. The van der Waals surface area contributed by atoms with E-state index in [1.807, 2.05) is 25.1 Å². The number of carbonyl (C=O) groups excluding carboxylic acids is 2. The van der Waals surface area contributed by atoms with Gasteiger partial charge in [0, 0.05) is 48.8 Å². The molecule has 5 rings (SSSR count). The van der Waals surface area contributed by atoms with Crippen molar-refractivity contribution in [3.05, 3.63) is 71.9 Å². The Bertz CT molecular complexity index is 1360. The molecule has 1 aromatic heterocycles. The number of anilines is 3. The third kappa shape index (κ3) is 7.96. The summed E-state index contributed by atoms with van der Waals surface area (Å²) in [5.74, 6) is 1.55. The Hall–Kier alpha value is -4.15. The average Bonchev–Trinajstić information content (AvgIpc) is 3.19. The number of rotatable bonds is 7. The van der Waals surface area contributed by atoms with Crippen LogP contribution in [0.25, 0.3) is 0 Å². The number of hydrogen-bond donors (Lipinski definition) is 2. The molecule has 2 aliphatic heterocycles. The van der Waals surface area contributed by atoms with Crippen molar-refractivity contribution in [3.8, 4) is 11.5 Å². The second-order valence-electron chi connectivity index (χ2n) is 10.4. The van der Waals surface area contributed by atoms with Crippen molar-refractivity contribution in [2.45, 2.75) is 32.3 Å². The molecule has 2 fully saturated rings. The second-order valence-corrected chi connectivity index (χ2v) is 10.4. The highest BCUT2D eigenvalue weighted by Gasteiger charge is 2.18. The van der Waals surface area contributed by atoms with E-state index in [0.29, 0.717) is 41.7 Å². The molecule has 2 aliphatic rings. The summed E-state index contributed by atoms with van der Waals surface area (Å²) in [7, 11) is 2.13. The molecule has 0 radical (unpaired) electrons. The van der Waals surface area contributed by atoms with E-state index in [2.05, 4.69) is 32.5 Å². The van der Waals surface area contributed by atoms with E-state index in [4.69, 9.17) is 14.2 Å². The zero-order valence-electron chi connectivity index (χ0n) is 23.6. The van der Waals surface area contributed by atoms with E-state index in [1.54, 1.807) is 42.6 Å². The lowest BCUT2D eigenvalue weighted by molar-refractivity contribution is 0.102. The summed E-state index contributed by atoms with van der Waals surface area (Å²) in [6.07, 6.45) is 4.17. The van der Waals surface area contributed by atoms with Crippen LogP contribution >= 0.6 is 0 Å². The number of nitrogens with one attached hydrogen (secondary N) is 2. The number of ether oxygens (including phenoxy) is 3. The molecule has 41 heavy (non-hydrogen) atoms. The van der Waals surface area contributed by atoms with Gasteiger partial charge in [0.2, 0.25) is 0 Å². The van der Waals surface area contributed by atoms with E-state index in [-0.39, 0.29) is 12.0 Å². The molecular weight excluding hydrogens is 522 g/mol. The molecule has 3 aromatic rings. The average molecular weight is 560 g/mol. The molecule has 2 N–H and O–H groups in total. The number of carbonyl (C=O) groups is 2. The first-order valence-corrected chi connectivity index (χ1v) is 14.1. The molecule has 216 valence electrons. The minimum absolute atomic E-state index is 0.140. The zero-order valence-corrected chi connectivity index (χ0v) is 23.6. The number of nitrogens with zero attached hydrogens (tertiary/aromatic N) is 3. The quantitative estimate of drug-likeness (QED) is 0.419. The summed E-state index contributed by atoms with van der Waals surface area (Å²) in [6, 6.07) is 15.9. The Kier molecular flexibility index (Phi) is 9.33. The van der Waals surface area contributed by atoms with Gasteiger partial charge in [0.05, 0.1) is 19.3 Å². The van der Waals surface area contributed by atoms with Gasteiger partial charge in [0.15, 0.2) is 0 Å². The van der Waals surface area contributed by atoms with Crippen LogP contribution in [0.1, 0.15) is 35.2 Å². The standard InChI is InChI=1S/C31H37N5O5/c1-22-8-9-24(33-31(38)41-27-10-12-32-29(21-27)36-15-17-39-18-16-36)20-28(22)34-30(37)23-5-3-6-26(19-23)40-25-7-4-13-35(2)14-11-25/h3,5-6,8-10,12,19-21,25H,4,7,11,13-18H2,1-2H3,(H,33,38)(H,34,37). The summed E-state index contributed by atoms with van der Waals surface area (Å²) in [5.41, 5.74) is 2.44. The summed E-state index contributed by atoms with van der Waals surface area (Å²) < 4.78 is 17.1. The van der Waals surface area contributed by atoms with Gasteiger partial charge >= 0.3 is 6.09 Å². The van der Waals surface area contributed by atoms with Gasteiger partial charge in [-0.1, -0.05) is 12.1 Å². The highest BCUT2D eigenvalue weighted by molar-refractivity contribution is 6.05. The van der Waals surface area contributed by atoms with Gasteiger partial charge in [0.1, 0.15) is 17.3 Å².